The number of aryl methyl sites for hydroxylation is 2. The Morgan fingerprint density at radius 3 is 2.33 bits per heavy atom. The monoisotopic (exact) mass is 240 g/mol. The van der Waals surface area contributed by atoms with Gasteiger partial charge in [-0.3, -0.25) is 4.90 Å². The first-order valence-corrected chi connectivity index (χ1v) is 6.21. The summed E-state index contributed by atoms with van der Waals surface area (Å²) in [5.74, 6) is 0.794. The maximum absolute atomic E-state index is 4.53. The van der Waals surface area contributed by atoms with Gasteiger partial charge in [0.2, 0.25) is 0 Å². The summed E-state index contributed by atoms with van der Waals surface area (Å²) in [5.41, 5.74) is 7.18. The Morgan fingerprint density at radius 2 is 1.72 bits per heavy atom. The van der Waals surface area contributed by atoms with Gasteiger partial charge in [-0.15, -0.1) is 0 Å². The second kappa shape index (κ2) is 4.45. The standard InChI is InChI=1S/C16H20N2/c1-10-7-8-16(11(2)9-10)18-14(5)12(3)13(4)17-15(18)6/h7-9H,6H2,1-5H3. The van der Waals surface area contributed by atoms with Gasteiger partial charge in [0.05, 0.1) is 5.69 Å². The highest BCUT2D eigenvalue weighted by Gasteiger charge is 2.20. The van der Waals surface area contributed by atoms with Crippen LogP contribution >= 0.6 is 0 Å². The van der Waals surface area contributed by atoms with Gasteiger partial charge in [0.15, 0.2) is 0 Å². The summed E-state index contributed by atoms with van der Waals surface area (Å²) in [5, 5.41) is 0. The first-order chi connectivity index (χ1) is 8.41. The van der Waals surface area contributed by atoms with Crippen LogP contribution < -0.4 is 4.90 Å². The molecule has 94 valence electrons. The van der Waals surface area contributed by atoms with Gasteiger partial charge in [-0.1, -0.05) is 24.3 Å². The van der Waals surface area contributed by atoms with E-state index in [1.165, 1.54) is 28.1 Å². The molecule has 1 aromatic rings. The Kier molecular flexibility index (Phi) is 3.12. The molecular formula is C16H20N2. The zero-order valence-electron chi connectivity index (χ0n) is 11.8. The number of hydrogen-bond acceptors (Lipinski definition) is 2. The number of benzene rings is 1. The smallest absolute Gasteiger partial charge is 0.130 e. The van der Waals surface area contributed by atoms with Crippen molar-refractivity contribution in [2.24, 2.45) is 4.99 Å². The molecule has 0 N–H and O–H groups in total. The molecule has 0 fully saturated rings. The molecule has 1 aliphatic rings. The number of nitrogens with zero attached hydrogens (tertiary/aromatic N) is 2. The predicted octanol–water partition coefficient (Wildman–Crippen LogP) is 4.35. The average Bonchev–Trinajstić information content (AvgIpc) is 2.29. The highest BCUT2D eigenvalue weighted by molar-refractivity contribution is 6.01. The van der Waals surface area contributed by atoms with E-state index in [9.17, 15) is 0 Å². The predicted molar refractivity (Wildman–Crippen MR) is 79.0 cm³/mol. The Balaban J connectivity index is 2.55. The van der Waals surface area contributed by atoms with Crippen LogP contribution in [0, 0.1) is 13.8 Å². The molecule has 0 aliphatic carbocycles. The van der Waals surface area contributed by atoms with E-state index >= 15 is 0 Å². The van der Waals surface area contributed by atoms with Gasteiger partial charge >= 0.3 is 0 Å². The molecule has 0 spiro atoms. The molecule has 0 amide bonds. The summed E-state index contributed by atoms with van der Waals surface area (Å²) in [4.78, 5) is 6.66. The van der Waals surface area contributed by atoms with E-state index in [1.807, 2.05) is 6.92 Å². The van der Waals surface area contributed by atoms with Gasteiger partial charge in [0.1, 0.15) is 5.82 Å². The van der Waals surface area contributed by atoms with Crippen LogP contribution in [0.4, 0.5) is 5.69 Å². The van der Waals surface area contributed by atoms with Crippen molar-refractivity contribution in [3.63, 3.8) is 0 Å². The Labute approximate surface area is 109 Å². The van der Waals surface area contributed by atoms with E-state index in [0.717, 1.165) is 11.5 Å². The summed E-state index contributed by atoms with van der Waals surface area (Å²) in [6.07, 6.45) is 0. The highest BCUT2D eigenvalue weighted by Crippen LogP contribution is 2.32. The van der Waals surface area contributed by atoms with Crippen LogP contribution in [0.3, 0.4) is 0 Å². The van der Waals surface area contributed by atoms with E-state index < -0.39 is 0 Å². The van der Waals surface area contributed by atoms with E-state index in [4.69, 9.17) is 0 Å². The van der Waals surface area contributed by atoms with E-state index in [2.05, 4.69) is 62.4 Å². The van der Waals surface area contributed by atoms with Gasteiger partial charge < -0.3 is 0 Å². The second-order valence-electron chi connectivity index (χ2n) is 4.95. The topological polar surface area (TPSA) is 15.6 Å². The van der Waals surface area contributed by atoms with Gasteiger partial charge in [0.25, 0.3) is 0 Å². The fourth-order valence-corrected chi connectivity index (χ4v) is 2.33. The Bertz CT molecular complexity index is 577. The lowest BCUT2D eigenvalue weighted by Crippen LogP contribution is -2.26. The molecule has 2 nitrogen and oxygen atoms in total. The molecular weight excluding hydrogens is 220 g/mol. The molecule has 0 bridgehead atoms. The highest BCUT2D eigenvalue weighted by atomic mass is 15.2. The molecule has 1 aromatic carbocycles. The molecule has 1 heterocycles. The number of rotatable bonds is 1. The molecule has 0 unspecified atom stereocenters. The first-order valence-electron chi connectivity index (χ1n) is 6.21. The lowest BCUT2D eigenvalue weighted by atomic mass is 10.1. The maximum Gasteiger partial charge on any atom is 0.130 e. The van der Waals surface area contributed by atoms with Crippen molar-refractivity contribution in [2.75, 3.05) is 4.90 Å². The van der Waals surface area contributed by atoms with Crippen LogP contribution in [0.15, 0.2) is 46.9 Å². The normalized spacial score (nSPS) is 16.2. The fraction of sp³-hybridized carbons (Fsp3) is 0.312. The van der Waals surface area contributed by atoms with Crippen LogP contribution in [0.5, 0.6) is 0 Å². The average molecular weight is 240 g/mol. The van der Waals surface area contributed by atoms with E-state index in [0.29, 0.717) is 0 Å². The molecule has 0 atom stereocenters. The van der Waals surface area contributed by atoms with Crippen molar-refractivity contribution in [2.45, 2.75) is 34.6 Å². The molecule has 0 radical (unpaired) electrons. The maximum atomic E-state index is 4.53. The van der Waals surface area contributed by atoms with Crippen molar-refractivity contribution in [3.05, 3.63) is 53.0 Å². The van der Waals surface area contributed by atoms with Gasteiger partial charge in [-0.2, -0.15) is 0 Å². The summed E-state index contributed by atoms with van der Waals surface area (Å²) in [6.45, 7) is 14.6. The van der Waals surface area contributed by atoms with Gasteiger partial charge in [0, 0.05) is 11.4 Å². The minimum Gasteiger partial charge on any atom is -0.299 e. The number of anilines is 1. The summed E-state index contributed by atoms with van der Waals surface area (Å²) in [7, 11) is 0. The van der Waals surface area contributed by atoms with Gasteiger partial charge in [-0.05, 0) is 51.8 Å². The van der Waals surface area contributed by atoms with E-state index in [-0.39, 0.29) is 0 Å². The van der Waals surface area contributed by atoms with Crippen LogP contribution in [-0.4, -0.2) is 5.71 Å². The molecule has 0 saturated heterocycles. The zero-order chi connectivity index (χ0) is 13.4. The van der Waals surface area contributed by atoms with Crippen molar-refractivity contribution in [1.29, 1.82) is 0 Å². The minimum absolute atomic E-state index is 0.794. The molecule has 0 saturated carbocycles. The summed E-state index contributed by atoms with van der Waals surface area (Å²) >= 11 is 0. The van der Waals surface area contributed by atoms with Crippen molar-refractivity contribution < 1.29 is 0 Å². The molecule has 0 aromatic heterocycles. The lowest BCUT2D eigenvalue weighted by Gasteiger charge is -2.31. The van der Waals surface area contributed by atoms with Crippen LogP contribution in [0.2, 0.25) is 0 Å². The minimum atomic E-state index is 0.794. The number of allylic oxidation sites excluding steroid dienone is 2. The molecule has 2 heteroatoms. The van der Waals surface area contributed by atoms with Crippen LogP contribution in [0.25, 0.3) is 0 Å². The van der Waals surface area contributed by atoms with E-state index in [1.54, 1.807) is 0 Å². The van der Waals surface area contributed by atoms with Crippen molar-refractivity contribution >= 4 is 11.4 Å². The summed E-state index contributed by atoms with van der Waals surface area (Å²) < 4.78 is 0. The number of hydrogen-bond donors (Lipinski definition) is 0. The van der Waals surface area contributed by atoms with Gasteiger partial charge in [-0.25, -0.2) is 4.99 Å². The third-order valence-corrected chi connectivity index (χ3v) is 3.57. The zero-order valence-corrected chi connectivity index (χ0v) is 11.8. The molecule has 1 aliphatic heterocycles. The third-order valence-electron chi connectivity index (χ3n) is 3.57. The lowest BCUT2D eigenvalue weighted by molar-refractivity contribution is 0.997. The molecule has 18 heavy (non-hydrogen) atoms. The van der Waals surface area contributed by atoms with Crippen LogP contribution in [0.1, 0.15) is 31.9 Å². The SMILES string of the molecule is C=C1N=C(C)C(C)=C(C)N1c1ccc(C)cc1C. The van der Waals surface area contributed by atoms with Crippen molar-refractivity contribution in [1.82, 2.24) is 0 Å². The number of aliphatic imine (C=N–C) groups is 1. The largest absolute Gasteiger partial charge is 0.299 e. The Morgan fingerprint density at radius 1 is 1.06 bits per heavy atom. The van der Waals surface area contributed by atoms with Crippen LogP contribution in [-0.2, 0) is 0 Å². The first kappa shape index (κ1) is 12.6. The molecule has 2 rings (SSSR count). The quantitative estimate of drug-likeness (QED) is 0.712. The Hall–Kier alpha value is -1.83. The van der Waals surface area contributed by atoms with Crippen molar-refractivity contribution in [3.8, 4) is 0 Å². The fourth-order valence-electron chi connectivity index (χ4n) is 2.33. The third kappa shape index (κ3) is 1.99. The second-order valence-corrected chi connectivity index (χ2v) is 4.95. The summed E-state index contributed by atoms with van der Waals surface area (Å²) in [6, 6.07) is 6.46.